The standard InChI is InChI=1S/C15H18N2O6S/c1-8-6-10-12(23-9(2)14(18)16-10)7-13(8)24(21,22)17-5-3-4-11(17)15(19)20/h6-7,9,11H,3-5H2,1-2H3,(H,16,18)(H,19,20). The lowest BCUT2D eigenvalue weighted by atomic mass is 10.1. The number of sulfonamides is 1. The molecule has 2 unspecified atom stereocenters. The molecule has 2 heterocycles. The maximum Gasteiger partial charge on any atom is 0.322 e. The van der Waals surface area contributed by atoms with Gasteiger partial charge in [0, 0.05) is 12.6 Å². The molecule has 8 nitrogen and oxygen atoms in total. The molecule has 1 fully saturated rings. The Hall–Kier alpha value is -2.13. The molecule has 0 bridgehead atoms. The average Bonchev–Trinajstić information content (AvgIpc) is 2.99. The lowest BCUT2D eigenvalue weighted by Crippen LogP contribution is -2.40. The summed E-state index contributed by atoms with van der Waals surface area (Å²) < 4.78 is 32.3. The van der Waals surface area contributed by atoms with Crippen molar-refractivity contribution in [2.24, 2.45) is 0 Å². The average molecular weight is 354 g/mol. The molecule has 0 radical (unpaired) electrons. The van der Waals surface area contributed by atoms with Gasteiger partial charge in [0.1, 0.15) is 11.8 Å². The molecule has 1 saturated heterocycles. The van der Waals surface area contributed by atoms with Gasteiger partial charge in [0.25, 0.3) is 5.91 Å². The van der Waals surface area contributed by atoms with E-state index in [1.54, 1.807) is 13.8 Å². The second kappa shape index (κ2) is 5.75. The number of hydrogen-bond donors (Lipinski definition) is 2. The van der Waals surface area contributed by atoms with Crippen LogP contribution in [-0.4, -0.2) is 48.4 Å². The summed E-state index contributed by atoms with van der Waals surface area (Å²) in [5.41, 5.74) is 0.828. The van der Waals surface area contributed by atoms with Gasteiger partial charge in [0.2, 0.25) is 10.0 Å². The molecule has 3 rings (SSSR count). The molecular formula is C15H18N2O6S. The van der Waals surface area contributed by atoms with Crippen molar-refractivity contribution in [1.82, 2.24) is 4.31 Å². The van der Waals surface area contributed by atoms with E-state index in [4.69, 9.17) is 4.74 Å². The van der Waals surface area contributed by atoms with E-state index in [1.165, 1.54) is 12.1 Å². The number of carbonyl (C=O) groups excluding carboxylic acids is 1. The molecular weight excluding hydrogens is 336 g/mol. The summed E-state index contributed by atoms with van der Waals surface area (Å²) in [6.07, 6.45) is 0.0701. The Morgan fingerprint density at radius 3 is 2.79 bits per heavy atom. The number of ether oxygens (including phenoxy) is 1. The second-order valence-electron chi connectivity index (χ2n) is 5.98. The van der Waals surface area contributed by atoms with Gasteiger partial charge >= 0.3 is 5.97 Å². The first kappa shape index (κ1) is 16.7. The van der Waals surface area contributed by atoms with E-state index in [9.17, 15) is 23.1 Å². The van der Waals surface area contributed by atoms with Crippen molar-refractivity contribution >= 4 is 27.6 Å². The first-order valence-electron chi connectivity index (χ1n) is 7.58. The van der Waals surface area contributed by atoms with Gasteiger partial charge in [-0.15, -0.1) is 0 Å². The summed E-state index contributed by atoms with van der Waals surface area (Å²) in [5, 5.41) is 11.9. The highest BCUT2D eigenvalue weighted by Gasteiger charge is 2.40. The molecule has 1 aromatic rings. The van der Waals surface area contributed by atoms with Crippen LogP contribution in [0.1, 0.15) is 25.3 Å². The normalized spacial score (nSPS) is 24.2. The molecule has 24 heavy (non-hydrogen) atoms. The molecule has 2 aliphatic rings. The number of carbonyl (C=O) groups is 2. The van der Waals surface area contributed by atoms with E-state index in [1.807, 2.05) is 0 Å². The highest BCUT2D eigenvalue weighted by Crippen LogP contribution is 2.36. The Bertz CT molecular complexity index is 819. The van der Waals surface area contributed by atoms with Gasteiger partial charge < -0.3 is 15.2 Å². The maximum absolute atomic E-state index is 12.9. The van der Waals surface area contributed by atoms with Crippen molar-refractivity contribution in [2.45, 2.75) is 43.7 Å². The first-order valence-corrected chi connectivity index (χ1v) is 9.02. The minimum absolute atomic E-state index is 0.00208. The van der Waals surface area contributed by atoms with Crippen molar-refractivity contribution in [3.8, 4) is 5.75 Å². The first-order chi connectivity index (χ1) is 11.2. The number of aliphatic carboxylic acids is 1. The molecule has 130 valence electrons. The van der Waals surface area contributed by atoms with Crippen LogP contribution in [0.3, 0.4) is 0 Å². The molecule has 2 N–H and O–H groups in total. The van der Waals surface area contributed by atoms with Crippen molar-refractivity contribution in [2.75, 3.05) is 11.9 Å². The monoisotopic (exact) mass is 354 g/mol. The second-order valence-corrected chi connectivity index (χ2v) is 7.83. The SMILES string of the molecule is Cc1cc2c(cc1S(=O)(=O)N1CCCC1C(=O)O)OC(C)C(=O)N2. The molecule has 0 spiro atoms. The van der Waals surface area contributed by atoms with Crippen molar-refractivity contribution in [3.63, 3.8) is 0 Å². The van der Waals surface area contributed by atoms with Crippen molar-refractivity contribution < 1.29 is 27.9 Å². The predicted molar refractivity (Wildman–Crippen MR) is 84.4 cm³/mol. The minimum Gasteiger partial charge on any atom is -0.480 e. The van der Waals surface area contributed by atoms with E-state index in [-0.39, 0.29) is 23.1 Å². The molecule has 2 aliphatic heterocycles. The van der Waals surface area contributed by atoms with Gasteiger partial charge in [0.05, 0.1) is 10.6 Å². The van der Waals surface area contributed by atoms with Crippen LogP contribution in [0.25, 0.3) is 0 Å². The highest BCUT2D eigenvalue weighted by molar-refractivity contribution is 7.89. The molecule has 9 heteroatoms. The van der Waals surface area contributed by atoms with Gasteiger partial charge in [-0.2, -0.15) is 4.31 Å². The van der Waals surface area contributed by atoms with Crippen LogP contribution in [0.2, 0.25) is 0 Å². The van der Waals surface area contributed by atoms with Gasteiger partial charge in [0.15, 0.2) is 6.10 Å². The molecule has 0 aromatic heterocycles. The van der Waals surface area contributed by atoms with E-state index < -0.39 is 28.1 Å². The number of carboxylic acids is 1. The minimum atomic E-state index is -3.97. The number of nitrogens with one attached hydrogen (secondary N) is 1. The van der Waals surface area contributed by atoms with E-state index >= 15 is 0 Å². The zero-order valence-corrected chi connectivity index (χ0v) is 14.1. The fourth-order valence-electron chi connectivity index (χ4n) is 3.02. The Morgan fingerprint density at radius 2 is 2.12 bits per heavy atom. The van der Waals surface area contributed by atoms with Crippen LogP contribution in [-0.2, 0) is 19.6 Å². The number of hydrogen-bond acceptors (Lipinski definition) is 5. The van der Waals surface area contributed by atoms with Crippen LogP contribution in [0.15, 0.2) is 17.0 Å². The third-order valence-corrected chi connectivity index (χ3v) is 6.33. The van der Waals surface area contributed by atoms with Gasteiger partial charge in [-0.25, -0.2) is 8.42 Å². The molecule has 1 amide bonds. The fraction of sp³-hybridized carbons (Fsp3) is 0.467. The number of carboxylic acid groups (broad SMARTS) is 1. The summed E-state index contributed by atoms with van der Waals surface area (Å²) >= 11 is 0. The highest BCUT2D eigenvalue weighted by atomic mass is 32.2. The number of nitrogens with zero attached hydrogens (tertiary/aromatic N) is 1. The van der Waals surface area contributed by atoms with E-state index in [0.717, 1.165) is 4.31 Å². The molecule has 1 aromatic carbocycles. The van der Waals surface area contributed by atoms with Crippen LogP contribution >= 0.6 is 0 Å². The lowest BCUT2D eigenvalue weighted by molar-refractivity contribution is -0.140. The lowest BCUT2D eigenvalue weighted by Gasteiger charge is -2.26. The van der Waals surface area contributed by atoms with Gasteiger partial charge in [-0.3, -0.25) is 9.59 Å². The van der Waals surface area contributed by atoms with Gasteiger partial charge in [-0.1, -0.05) is 0 Å². The smallest absolute Gasteiger partial charge is 0.322 e. The Morgan fingerprint density at radius 1 is 1.42 bits per heavy atom. The summed E-state index contributed by atoms with van der Waals surface area (Å²) in [4.78, 5) is 23.0. The molecule has 2 atom stereocenters. The topological polar surface area (TPSA) is 113 Å². The number of aryl methyl sites for hydroxylation is 1. The van der Waals surface area contributed by atoms with Crippen LogP contribution in [0.5, 0.6) is 5.75 Å². The number of fused-ring (bicyclic) bond motifs is 1. The van der Waals surface area contributed by atoms with E-state index in [0.29, 0.717) is 24.1 Å². The zero-order valence-electron chi connectivity index (χ0n) is 13.3. The Labute approximate surface area is 139 Å². The number of rotatable bonds is 3. The van der Waals surface area contributed by atoms with E-state index in [2.05, 4.69) is 5.32 Å². The van der Waals surface area contributed by atoms with Crippen molar-refractivity contribution in [1.29, 1.82) is 0 Å². The number of amides is 1. The van der Waals surface area contributed by atoms with Gasteiger partial charge in [-0.05, 0) is 38.3 Å². The van der Waals surface area contributed by atoms with Crippen LogP contribution < -0.4 is 10.1 Å². The summed E-state index contributed by atoms with van der Waals surface area (Å²) in [7, 11) is -3.97. The molecule has 0 aliphatic carbocycles. The largest absolute Gasteiger partial charge is 0.480 e. The summed E-state index contributed by atoms with van der Waals surface area (Å²) in [5.74, 6) is -1.19. The third-order valence-electron chi connectivity index (χ3n) is 4.28. The quantitative estimate of drug-likeness (QED) is 0.836. The Balaban J connectivity index is 2.04. The van der Waals surface area contributed by atoms with Crippen molar-refractivity contribution in [3.05, 3.63) is 17.7 Å². The summed E-state index contributed by atoms with van der Waals surface area (Å²) in [6.45, 7) is 3.33. The number of benzene rings is 1. The summed E-state index contributed by atoms with van der Waals surface area (Å²) in [6, 6.07) is 1.83. The fourth-order valence-corrected chi connectivity index (χ4v) is 4.90. The third kappa shape index (κ3) is 2.63. The number of anilines is 1. The zero-order chi connectivity index (χ0) is 17.6. The predicted octanol–water partition coefficient (Wildman–Crippen LogP) is 0.952. The molecule has 0 saturated carbocycles. The van der Waals surface area contributed by atoms with Crippen LogP contribution in [0, 0.1) is 6.92 Å². The maximum atomic E-state index is 12.9. The Kier molecular flexibility index (Phi) is 4.00. The van der Waals surface area contributed by atoms with Crippen LogP contribution in [0.4, 0.5) is 5.69 Å².